The molecule has 12 heteroatoms. The van der Waals surface area contributed by atoms with Crippen LogP contribution in [0.25, 0.3) is 10.9 Å². The number of ether oxygens (including phenoxy) is 2. The summed E-state index contributed by atoms with van der Waals surface area (Å²) in [4.78, 5) is 31.0. The Balaban J connectivity index is 1.46. The smallest absolute Gasteiger partial charge is 0.282 e. The summed E-state index contributed by atoms with van der Waals surface area (Å²) in [6, 6.07) is 13.0. The van der Waals surface area contributed by atoms with Gasteiger partial charge in [-0.25, -0.2) is 9.37 Å². The van der Waals surface area contributed by atoms with Crippen molar-refractivity contribution in [2.24, 2.45) is 5.10 Å². The van der Waals surface area contributed by atoms with Crippen molar-refractivity contribution in [2.75, 3.05) is 19.0 Å². The maximum Gasteiger partial charge on any atom is 0.282 e. The SMILES string of the molecule is COc1cc(C=Nn2c(C3CCCCC3)nc3ccc(Br)cc3c2=O)c(Br)c(Br)c1OCC(=O)Nc1ccccc1F. The molecule has 3 aromatic carbocycles. The highest BCUT2D eigenvalue weighted by molar-refractivity contribution is 9.13. The summed E-state index contributed by atoms with van der Waals surface area (Å²) in [5, 5.41) is 7.58. The molecule has 1 aromatic heterocycles. The number of methoxy groups -OCH3 is 1. The zero-order chi connectivity index (χ0) is 29.8. The third-order valence-electron chi connectivity index (χ3n) is 6.99. The first-order valence-corrected chi connectivity index (χ1v) is 15.6. The van der Waals surface area contributed by atoms with Crippen molar-refractivity contribution in [2.45, 2.75) is 38.0 Å². The van der Waals surface area contributed by atoms with Crippen LogP contribution in [0.15, 0.2) is 71.8 Å². The van der Waals surface area contributed by atoms with E-state index >= 15 is 0 Å². The van der Waals surface area contributed by atoms with Crippen LogP contribution in [0, 0.1) is 5.82 Å². The molecule has 1 aliphatic carbocycles. The highest BCUT2D eigenvalue weighted by Gasteiger charge is 2.23. The number of fused-ring (bicyclic) bond motifs is 1. The predicted molar refractivity (Wildman–Crippen MR) is 171 cm³/mol. The topological polar surface area (TPSA) is 94.8 Å². The molecular formula is C30H26Br3FN4O4. The maximum absolute atomic E-state index is 13.9. The minimum atomic E-state index is -0.545. The van der Waals surface area contributed by atoms with E-state index in [2.05, 4.69) is 58.2 Å². The van der Waals surface area contributed by atoms with E-state index in [1.165, 1.54) is 36.4 Å². The Morgan fingerprint density at radius 3 is 2.62 bits per heavy atom. The normalized spacial score (nSPS) is 13.9. The average Bonchev–Trinajstić information content (AvgIpc) is 2.99. The van der Waals surface area contributed by atoms with Gasteiger partial charge in [-0.2, -0.15) is 9.78 Å². The fourth-order valence-electron chi connectivity index (χ4n) is 4.89. The summed E-state index contributed by atoms with van der Waals surface area (Å²) in [5.74, 6) is 0.284. The third-order valence-corrected chi connectivity index (χ3v) is 9.62. The lowest BCUT2D eigenvalue weighted by molar-refractivity contribution is -0.118. The summed E-state index contributed by atoms with van der Waals surface area (Å²) in [6.07, 6.45) is 6.79. The van der Waals surface area contributed by atoms with Gasteiger partial charge in [0.05, 0.1) is 34.4 Å². The molecule has 0 spiro atoms. The third kappa shape index (κ3) is 6.60. The maximum atomic E-state index is 13.9. The number of hydrogen-bond acceptors (Lipinski definition) is 6. The molecule has 1 heterocycles. The molecule has 0 saturated heterocycles. The summed E-state index contributed by atoms with van der Waals surface area (Å²) in [6.45, 7) is -0.387. The number of rotatable bonds is 8. The number of para-hydroxylation sites is 1. The molecule has 0 atom stereocenters. The number of hydrogen-bond donors (Lipinski definition) is 1. The van der Waals surface area contributed by atoms with Crippen molar-refractivity contribution in [1.29, 1.82) is 0 Å². The lowest BCUT2D eigenvalue weighted by Gasteiger charge is -2.22. The summed E-state index contributed by atoms with van der Waals surface area (Å²) < 4.78 is 28.4. The lowest BCUT2D eigenvalue weighted by Crippen LogP contribution is -2.25. The Hall–Kier alpha value is -3.09. The summed E-state index contributed by atoms with van der Waals surface area (Å²) in [7, 11) is 1.47. The van der Waals surface area contributed by atoms with Crippen LogP contribution in [0.2, 0.25) is 0 Å². The van der Waals surface area contributed by atoms with Gasteiger partial charge in [0.1, 0.15) is 11.6 Å². The Labute approximate surface area is 266 Å². The quantitative estimate of drug-likeness (QED) is 0.185. The minimum Gasteiger partial charge on any atom is -0.493 e. The molecule has 4 aromatic rings. The molecule has 1 fully saturated rings. The number of aromatic nitrogens is 2. The zero-order valence-electron chi connectivity index (χ0n) is 22.5. The van der Waals surface area contributed by atoms with Crippen LogP contribution >= 0.6 is 47.8 Å². The first-order chi connectivity index (χ1) is 20.3. The van der Waals surface area contributed by atoms with Crippen molar-refractivity contribution in [3.8, 4) is 11.5 Å². The van der Waals surface area contributed by atoms with Gasteiger partial charge < -0.3 is 14.8 Å². The molecule has 5 rings (SSSR count). The van der Waals surface area contributed by atoms with Gasteiger partial charge in [-0.3, -0.25) is 9.59 Å². The molecule has 0 radical (unpaired) electrons. The minimum absolute atomic E-state index is 0.0586. The summed E-state index contributed by atoms with van der Waals surface area (Å²) in [5.41, 5.74) is 1.04. The van der Waals surface area contributed by atoms with Gasteiger partial charge in [0.25, 0.3) is 11.5 Å². The number of nitrogens with one attached hydrogen (secondary N) is 1. The van der Waals surface area contributed by atoms with Crippen LogP contribution in [-0.4, -0.2) is 35.5 Å². The van der Waals surface area contributed by atoms with Gasteiger partial charge in [-0.15, -0.1) is 0 Å². The van der Waals surface area contributed by atoms with Gasteiger partial charge in [-0.1, -0.05) is 47.3 Å². The second kappa shape index (κ2) is 13.5. The van der Waals surface area contributed by atoms with Crippen LogP contribution < -0.4 is 20.3 Å². The molecule has 0 unspecified atom stereocenters. The number of amides is 1. The molecule has 1 amide bonds. The van der Waals surface area contributed by atoms with E-state index in [0.717, 1.165) is 30.2 Å². The Morgan fingerprint density at radius 2 is 1.88 bits per heavy atom. The van der Waals surface area contributed by atoms with E-state index in [9.17, 15) is 14.0 Å². The molecule has 0 bridgehead atoms. The van der Waals surface area contributed by atoms with Crippen molar-refractivity contribution < 1.29 is 18.7 Å². The lowest BCUT2D eigenvalue weighted by atomic mass is 9.88. The van der Waals surface area contributed by atoms with Gasteiger partial charge in [0.15, 0.2) is 18.1 Å². The highest BCUT2D eigenvalue weighted by Crippen LogP contribution is 2.42. The Kier molecular flexibility index (Phi) is 9.74. The van der Waals surface area contributed by atoms with E-state index in [0.29, 0.717) is 37.0 Å². The van der Waals surface area contributed by atoms with E-state index in [1.807, 2.05) is 12.1 Å². The first kappa shape index (κ1) is 30.4. The Bertz CT molecular complexity index is 1740. The van der Waals surface area contributed by atoms with Gasteiger partial charge in [0, 0.05) is 20.4 Å². The Morgan fingerprint density at radius 1 is 1.12 bits per heavy atom. The van der Waals surface area contributed by atoms with Crippen LogP contribution in [0.3, 0.4) is 0 Å². The van der Waals surface area contributed by atoms with Crippen molar-refractivity contribution in [1.82, 2.24) is 9.66 Å². The molecule has 1 saturated carbocycles. The average molecular weight is 765 g/mol. The number of carbonyl (C=O) groups excluding carboxylic acids is 1. The standard InChI is InChI=1S/C30H26Br3FN4O4/c1-41-24-13-18(26(32)27(33)28(24)42-16-25(39)36-23-10-6-5-9-21(23)34)15-35-38-29(17-7-3-2-4-8-17)37-22-12-11-19(31)14-20(22)30(38)40/h5-6,9-15,17H,2-4,7-8,16H2,1H3,(H,36,39). The van der Waals surface area contributed by atoms with Crippen LogP contribution in [-0.2, 0) is 4.79 Å². The highest BCUT2D eigenvalue weighted by atomic mass is 79.9. The van der Waals surface area contributed by atoms with Crippen molar-refractivity contribution in [3.63, 3.8) is 0 Å². The molecule has 42 heavy (non-hydrogen) atoms. The number of halogens is 4. The fraction of sp³-hybridized carbons (Fsp3) is 0.267. The van der Waals surface area contributed by atoms with E-state index < -0.39 is 11.7 Å². The number of carbonyl (C=O) groups is 1. The van der Waals surface area contributed by atoms with E-state index in [4.69, 9.17) is 14.5 Å². The molecule has 1 N–H and O–H groups in total. The fourth-order valence-corrected chi connectivity index (χ4v) is 6.19. The monoisotopic (exact) mass is 762 g/mol. The molecule has 8 nitrogen and oxygen atoms in total. The van der Waals surface area contributed by atoms with E-state index in [1.54, 1.807) is 24.4 Å². The van der Waals surface area contributed by atoms with Gasteiger partial charge in [0.2, 0.25) is 0 Å². The molecular weight excluding hydrogens is 739 g/mol. The molecule has 218 valence electrons. The van der Waals surface area contributed by atoms with Gasteiger partial charge >= 0.3 is 0 Å². The summed E-state index contributed by atoms with van der Waals surface area (Å²) >= 11 is 10.5. The second-order valence-corrected chi connectivity index (χ2v) is 12.3. The number of benzene rings is 3. The second-order valence-electron chi connectivity index (χ2n) is 9.77. The largest absolute Gasteiger partial charge is 0.493 e. The first-order valence-electron chi connectivity index (χ1n) is 13.3. The zero-order valence-corrected chi connectivity index (χ0v) is 27.3. The van der Waals surface area contributed by atoms with Crippen molar-refractivity contribution >= 4 is 76.5 Å². The van der Waals surface area contributed by atoms with Gasteiger partial charge in [-0.05, 0) is 81.1 Å². The predicted octanol–water partition coefficient (Wildman–Crippen LogP) is 7.78. The molecule has 1 aliphatic rings. The van der Waals surface area contributed by atoms with Crippen molar-refractivity contribution in [3.05, 3.63) is 89.5 Å². The van der Waals surface area contributed by atoms with Crippen LogP contribution in [0.5, 0.6) is 11.5 Å². The van der Waals surface area contributed by atoms with Crippen LogP contribution in [0.1, 0.15) is 49.4 Å². The van der Waals surface area contributed by atoms with Crippen LogP contribution in [0.4, 0.5) is 10.1 Å². The molecule has 0 aliphatic heterocycles. The number of anilines is 1. The van der Waals surface area contributed by atoms with E-state index in [-0.39, 0.29) is 29.5 Å². The number of nitrogens with zero attached hydrogens (tertiary/aromatic N) is 3.